The zero-order valence-corrected chi connectivity index (χ0v) is 16.0. The van der Waals surface area contributed by atoms with Crippen LogP contribution in [-0.2, 0) is 6.54 Å². The van der Waals surface area contributed by atoms with Gasteiger partial charge in [0.05, 0.1) is 26.7 Å². The summed E-state index contributed by atoms with van der Waals surface area (Å²) in [7, 11) is 0. The minimum atomic E-state index is 0.0640. The molecule has 2 aromatic heterocycles. The summed E-state index contributed by atoms with van der Waals surface area (Å²) in [6.45, 7) is 5.97. The molecule has 0 aliphatic heterocycles. The molecular weight excluding hydrogens is 425 g/mol. The quantitative estimate of drug-likeness (QED) is 0.665. The molecule has 0 saturated heterocycles. The van der Waals surface area contributed by atoms with Gasteiger partial charge in [0.2, 0.25) is 0 Å². The Hall–Kier alpha value is 0.120. The number of aromatic nitrogens is 2. The SMILES string of the molecule is CCCn1ncc(Cl)c1C(NCC)c1cc(Br)c(Br)s1. The molecule has 0 aliphatic carbocycles. The summed E-state index contributed by atoms with van der Waals surface area (Å²) in [6.07, 6.45) is 2.76. The summed E-state index contributed by atoms with van der Waals surface area (Å²) in [5.74, 6) is 0. The second-order valence-corrected chi connectivity index (χ2v) is 8.03. The average molecular weight is 442 g/mol. The molecular formula is C13H16Br2ClN3S. The number of halogens is 3. The Kier molecular flexibility index (Phi) is 6.10. The van der Waals surface area contributed by atoms with E-state index in [4.69, 9.17) is 11.6 Å². The van der Waals surface area contributed by atoms with Crippen molar-refractivity contribution >= 4 is 54.8 Å². The van der Waals surface area contributed by atoms with Gasteiger partial charge in [0, 0.05) is 15.9 Å². The lowest BCUT2D eigenvalue weighted by Crippen LogP contribution is -2.24. The van der Waals surface area contributed by atoms with Crippen molar-refractivity contribution in [2.45, 2.75) is 32.9 Å². The molecule has 1 atom stereocenters. The van der Waals surface area contributed by atoms with Gasteiger partial charge in [-0.05, 0) is 50.9 Å². The normalized spacial score (nSPS) is 12.8. The summed E-state index contributed by atoms with van der Waals surface area (Å²) < 4.78 is 4.16. The smallest absolute Gasteiger partial charge is 0.0857 e. The summed E-state index contributed by atoms with van der Waals surface area (Å²) in [5.41, 5.74) is 1.04. The minimum Gasteiger partial charge on any atom is -0.305 e. The van der Waals surface area contributed by atoms with Gasteiger partial charge in [0.15, 0.2) is 0 Å². The third-order valence-corrected chi connectivity index (χ3v) is 6.51. The van der Waals surface area contributed by atoms with Crippen molar-refractivity contribution in [3.8, 4) is 0 Å². The summed E-state index contributed by atoms with van der Waals surface area (Å²) >= 11 is 15.2. The maximum Gasteiger partial charge on any atom is 0.0857 e. The number of hydrogen-bond donors (Lipinski definition) is 1. The van der Waals surface area contributed by atoms with E-state index < -0.39 is 0 Å². The van der Waals surface area contributed by atoms with Crippen molar-refractivity contribution in [1.29, 1.82) is 0 Å². The van der Waals surface area contributed by atoms with Crippen LogP contribution >= 0.6 is 54.8 Å². The molecule has 0 radical (unpaired) electrons. The van der Waals surface area contributed by atoms with E-state index in [-0.39, 0.29) is 6.04 Å². The number of hydrogen-bond acceptors (Lipinski definition) is 3. The van der Waals surface area contributed by atoms with Crippen molar-refractivity contribution in [2.75, 3.05) is 6.54 Å². The fourth-order valence-corrected chi connectivity index (χ4v) is 4.51. The van der Waals surface area contributed by atoms with E-state index in [9.17, 15) is 0 Å². The van der Waals surface area contributed by atoms with E-state index in [0.29, 0.717) is 5.02 Å². The topological polar surface area (TPSA) is 29.9 Å². The standard InChI is InChI=1S/C13H16Br2ClN3S/c1-3-5-19-12(9(16)7-18-19)11(17-4-2)10-6-8(14)13(15)20-10/h6-7,11,17H,3-5H2,1-2H3. The van der Waals surface area contributed by atoms with Crippen molar-refractivity contribution in [3.63, 3.8) is 0 Å². The third-order valence-electron chi connectivity index (χ3n) is 2.90. The fraction of sp³-hybridized carbons (Fsp3) is 0.462. The molecule has 2 aromatic rings. The minimum absolute atomic E-state index is 0.0640. The Morgan fingerprint density at radius 1 is 1.45 bits per heavy atom. The molecule has 20 heavy (non-hydrogen) atoms. The van der Waals surface area contributed by atoms with Gasteiger partial charge >= 0.3 is 0 Å². The van der Waals surface area contributed by atoms with Crippen molar-refractivity contribution in [1.82, 2.24) is 15.1 Å². The number of thiophene rings is 1. The molecule has 2 heterocycles. The number of aryl methyl sites for hydroxylation is 1. The highest BCUT2D eigenvalue weighted by atomic mass is 79.9. The lowest BCUT2D eigenvalue weighted by Gasteiger charge is -2.18. The van der Waals surface area contributed by atoms with Gasteiger partial charge < -0.3 is 5.32 Å². The predicted octanol–water partition coefficient (Wildman–Crippen LogP) is 5.23. The lowest BCUT2D eigenvalue weighted by atomic mass is 10.1. The van der Waals surface area contributed by atoms with Gasteiger partial charge in [-0.25, -0.2) is 0 Å². The second-order valence-electron chi connectivity index (χ2n) is 4.36. The maximum absolute atomic E-state index is 6.37. The Morgan fingerprint density at radius 2 is 2.20 bits per heavy atom. The fourth-order valence-electron chi connectivity index (χ4n) is 2.09. The summed E-state index contributed by atoms with van der Waals surface area (Å²) in [6, 6.07) is 2.19. The van der Waals surface area contributed by atoms with Crippen LogP contribution in [0.2, 0.25) is 5.02 Å². The largest absolute Gasteiger partial charge is 0.305 e. The Bertz CT molecular complexity index is 563. The molecule has 0 bridgehead atoms. The molecule has 0 saturated carbocycles. The van der Waals surface area contributed by atoms with Crippen LogP contribution in [0.4, 0.5) is 0 Å². The van der Waals surface area contributed by atoms with Crippen LogP contribution in [0.3, 0.4) is 0 Å². The van der Waals surface area contributed by atoms with Gasteiger partial charge in [-0.15, -0.1) is 11.3 Å². The molecule has 7 heteroatoms. The molecule has 0 aliphatic rings. The first-order valence-electron chi connectivity index (χ1n) is 6.47. The van der Waals surface area contributed by atoms with Gasteiger partial charge in [-0.2, -0.15) is 5.10 Å². The van der Waals surface area contributed by atoms with Gasteiger partial charge in [-0.3, -0.25) is 4.68 Å². The van der Waals surface area contributed by atoms with Crippen LogP contribution in [0.25, 0.3) is 0 Å². The molecule has 1 N–H and O–H groups in total. The molecule has 2 rings (SSSR count). The Balaban J connectivity index is 2.45. The number of nitrogens with one attached hydrogen (secondary N) is 1. The van der Waals surface area contributed by atoms with E-state index in [1.165, 1.54) is 4.88 Å². The number of rotatable bonds is 6. The molecule has 0 fully saturated rings. The first kappa shape index (κ1) is 16.5. The van der Waals surface area contributed by atoms with Crippen molar-refractivity contribution in [3.05, 3.63) is 36.1 Å². The summed E-state index contributed by atoms with van der Waals surface area (Å²) in [5, 5.41) is 8.61. The van der Waals surface area contributed by atoms with Crippen LogP contribution in [-0.4, -0.2) is 16.3 Å². The van der Waals surface area contributed by atoms with E-state index in [1.54, 1.807) is 17.5 Å². The van der Waals surface area contributed by atoms with E-state index in [0.717, 1.165) is 33.5 Å². The third kappa shape index (κ3) is 3.47. The second kappa shape index (κ2) is 7.40. The van der Waals surface area contributed by atoms with Crippen LogP contribution in [0, 0.1) is 0 Å². The van der Waals surface area contributed by atoms with E-state index in [2.05, 4.69) is 62.2 Å². The zero-order valence-electron chi connectivity index (χ0n) is 11.3. The number of nitrogens with zero attached hydrogens (tertiary/aromatic N) is 2. The molecule has 110 valence electrons. The molecule has 0 spiro atoms. The summed E-state index contributed by atoms with van der Waals surface area (Å²) in [4.78, 5) is 1.21. The van der Waals surface area contributed by atoms with Crippen LogP contribution in [0.5, 0.6) is 0 Å². The van der Waals surface area contributed by atoms with Crippen LogP contribution in [0.1, 0.15) is 36.9 Å². The predicted molar refractivity (Wildman–Crippen MR) is 92.8 cm³/mol. The van der Waals surface area contributed by atoms with Crippen molar-refractivity contribution < 1.29 is 0 Å². The maximum atomic E-state index is 6.37. The molecule has 1 unspecified atom stereocenters. The van der Waals surface area contributed by atoms with Crippen LogP contribution in [0.15, 0.2) is 20.5 Å². The first-order chi connectivity index (χ1) is 9.58. The van der Waals surface area contributed by atoms with Crippen LogP contribution < -0.4 is 5.32 Å². The highest BCUT2D eigenvalue weighted by Crippen LogP contribution is 2.39. The van der Waals surface area contributed by atoms with E-state index in [1.807, 2.05) is 4.68 Å². The zero-order chi connectivity index (χ0) is 14.7. The molecule has 3 nitrogen and oxygen atoms in total. The monoisotopic (exact) mass is 439 g/mol. The first-order valence-corrected chi connectivity index (χ1v) is 9.25. The average Bonchev–Trinajstić information content (AvgIpc) is 2.92. The highest BCUT2D eigenvalue weighted by Gasteiger charge is 2.23. The Morgan fingerprint density at radius 3 is 2.75 bits per heavy atom. The Labute approximate surface area is 145 Å². The van der Waals surface area contributed by atoms with Gasteiger partial charge in [0.1, 0.15) is 0 Å². The van der Waals surface area contributed by atoms with Gasteiger partial charge in [-0.1, -0.05) is 25.4 Å². The van der Waals surface area contributed by atoms with E-state index >= 15 is 0 Å². The lowest BCUT2D eigenvalue weighted by molar-refractivity contribution is 0.524. The molecule has 0 aromatic carbocycles. The van der Waals surface area contributed by atoms with Gasteiger partial charge in [0.25, 0.3) is 0 Å². The molecule has 0 amide bonds. The highest BCUT2D eigenvalue weighted by molar-refractivity contribution is 9.13. The van der Waals surface area contributed by atoms with Crippen molar-refractivity contribution in [2.24, 2.45) is 0 Å².